The minimum atomic E-state index is -0.832. The summed E-state index contributed by atoms with van der Waals surface area (Å²) in [7, 11) is 1.67. The van der Waals surface area contributed by atoms with E-state index in [4.69, 9.17) is 15.2 Å². The third-order valence-electron chi connectivity index (χ3n) is 5.87. The molecule has 3 atom stereocenters. The third kappa shape index (κ3) is 11.5. The van der Waals surface area contributed by atoms with Gasteiger partial charge in [0.05, 0.1) is 18.3 Å². The lowest BCUT2D eigenvalue weighted by molar-refractivity contribution is -0.121. The summed E-state index contributed by atoms with van der Waals surface area (Å²) >= 11 is 0. The molecule has 0 aliphatic rings. The van der Waals surface area contributed by atoms with Crippen LogP contribution in [0.1, 0.15) is 57.3 Å². The minimum absolute atomic E-state index is 0. The SMILES string of the molecule is COCCCCOc1ccccc1C(=O)NCC(CC(N)C(O)CN(C=O)C(C)C)C(C)C.Cl. The van der Waals surface area contributed by atoms with Crippen LogP contribution in [-0.4, -0.2) is 73.9 Å². The Labute approximate surface area is 211 Å². The molecule has 1 aromatic rings. The molecule has 34 heavy (non-hydrogen) atoms. The van der Waals surface area contributed by atoms with Crippen LogP contribution in [-0.2, 0) is 9.53 Å². The number of ether oxygens (including phenoxy) is 2. The van der Waals surface area contributed by atoms with Gasteiger partial charge in [0.15, 0.2) is 0 Å². The van der Waals surface area contributed by atoms with Crippen molar-refractivity contribution < 1.29 is 24.2 Å². The number of benzene rings is 1. The van der Waals surface area contributed by atoms with Gasteiger partial charge in [-0.25, -0.2) is 0 Å². The van der Waals surface area contributed by atoms with Crippen LogP contribution in [0.15, 0.2) is 24.3 Å². The maximum atomic E-state index is 12.9. The first kappa shape index (κ1) is 32.1. The number of aliphatic hydroxyl groups is 1. The fourth-order valence-electron chi connectivity index (χ4n) is 3.45. The molecule has 0 radical (unpaired) electrons. The number of para-hydroxylation sites is 1. The Morgan fingerprint density at radius 3 is 2.41 bits per heavy atom. The molecule has 0 aliphatic carbocycles. The predicted molar refractivity (Wildman–Crippen MR) is 137 cm³/mol. The summed E-state index contributed by atoms with van der Waals surface area (Å²) in [5.74, 6) is 0.685. The Bertz CT molecular complexity index is 705. The van der Waals surface area contributed by atoms with Crippen molar-refractivity contribution in [1.29, 1.82) is 0 Å². The van der Waals surface area contributed by atoms with Gasteiger partial charge in [0.1, 0.15) is 5.75 Å². The number of aliphatic hydroxyl groups excluding tert-OH is 1. The maximum absolute atomic E-state index is 12.9. The highest BCUT2D eigenvalue weighted by molar-refractivity contribution is 5.96. The second kappa shape index (κ2) is 17.5. The smallest absolute Gasteiger partial charge is 0.255 e. The van der Waals surface area contributed by atoms with E-state index < -0.39 is 12.1 Å². The van der Waals surface area contributed by atoms with Crippen molar-refractivity contribution in [3.05, 3.63) is 29.8 Å². The summed E-state index contributed by atoms with van der Waals surface area (Å²) in [5.41, 5.74) is 6.75. The van der Waals surface area contributed by atoms with Crippen molar-refractivity contribution in [3.63, 3.8) is 0 Å². The Balaban J connectivity index is 0.0000109. The topological polar surface area (TPSA) is 114 Å². The zero-order valence-corrected chi connectivity index (χ0v) is 22.1. The molecule has 3 unspecified atom stereocenters. The summed E-state index contributed by atoms with van der Waals surface area (Å²) in [4.78, 5) is 25.6. The molecule has 1 rings (SSSR count). The molecule has 9 heteroatoms. The van der Waals surface area contributed by atoms with Crippen LogP contribution < -0.4 is 15.8 Å². The van der Waals surface area contributed by atoms with Gasteiger partial charge in [-0.15, -0.1) is 12.4 Å². The van der Waals surface area contributed by atoms with Crippen LogP contribution >= 0.6 is 12.4 Å². The van der Waals surface area contributed by atoms with E-state index in [0.717, 1.165) is 19.3 Å². The number of nitrogens with two attached hydrogens (primary N) is 1. The molecule has 0 saturated carbocycles. The van der Waals surface area contributed by atoms with Crippen molar-refractivity contribution >= 4 is 24.7 Å². The lowest BCUT2D eigenvalue weighted by Crippen LogP contribution is -2.47. The van der Waals surface area contributed by atoms with Crippen molar-refractivity contribution in [2.24, 2.45) is 17.6 Å². The molecule has 2 amide bonds. The van der Waals surface area contributed by atoms with Gasteiger partial charge in [-0.3, -0.25) is 9.59 Å². The largest absolute Gasteiger partial charge is 0.493 e. The first-order valence-corrected chi connectivity index (χ1v) is 11.8. The summed E-state index contributed by atoms with van der Waals surface area (Å²) in [6, 6.07) is 6.69. The van der Waals surface area contributed by atoms with Gasteiger partial charge in [0.2, 0.25) is 6.41 Å². The molecule has 0 saturated heterocycles. The average Bonchev–Trinajstić information content (AvgIpc) is 2.79. The number of halogens is 1. The number of methoxy groups -OCH3 is 1. The first-order chi connectivity index (χ1) is 15.7. The number of hydrogen-bond acceptors (Lipinski definition) is 6. The average molecular weight is 502 g/mol. The molecule has 8 nitrogen and oxygen atoms in total. The van der Waals surface area contributed by atoms with Gasteiger partial charge in [0, 0.05) is 38.9 Å². The van der Waals surface area contributed by atoms with E-state index in [-0.39, 0.29) is 42.7 Å². The van der Waals surface area contributed by atoms with E-state index in [1.165, 1.54) is 4.90 Å². The van der Waals surface area contributed by atoms with Crippen LogP contribution in [0.5, 0.6) is 5.75 Å². The van der Waals surface area contributed by atoms with E-state index in [9.17, 15) is 14.7 Å². The highest BCUT2D eigenvalue weighted by Gasteiger charge is 2.25. The second-order valence-corrected chi connectivity index (χ2v) is 9.12. The molecule has 0 spiro atoms. The lowest BCUT2D eigenvalue weighted by Gasteiger charge is -2.30. The summed E-state index contributed by atoms with van der Waals surface area (Å²) in [5, 5.41) is 13.5. The van der Waals surface area contributed by atoms with E-state index in [1.807, 2.05) is 26.0 Å². The molecule has 0 bridgehead atoms. The number of unbranched alkanes of at least 4 members (excludes halogenated alkanes) is 1. The van der Waals surface area contributed by atoms with Crippen molar-refractivity contribution in [2.45, 2.75) is 65.1 Å². The first-order valence-electron chi connectivity index (χ1n) is 11.8. The molecule has 0 heterocycles. The normalized spacial score (nSPS) is 13.7. The number of carbonyl (C=O) groups excluding carboxylic acids is 2. The Hall–Kier alpha value is -1.87. The van der Waals surface area contributed by atoms with Crippen LogP contribution in [0.2, 0.25) is 0 Å². The van der Waals surface area contributed by atoms with E-state index in [2.05, 4.69) is 19.2 Å². The van der Waals surface area contributed by atoms with Crippen LogP contribution in [0.3, 0.4) is 0 Å². The van der Waals surface area contributed by atoms with E-state index in [0.29, 0.717) is 37.5 Å². The quantitative estimate of drug-likeness (QED) is 0.223. The van der Waals surface area contributed by atoms with Gasteiger partial charge in [-0.2, -0.15) is 0 Å². The highest BCUT2D eigenvalue weighted by Crippen LogP contribution is 2.21. The molecule has 1 aromatic carbocycles. The van der Waals surface area contributed by atoms with Gasteiger partial charge in [-0.1, -0.05) is 26.0 Å². The minimum Gasteiger partial charge on any atom is -0.493 e. The van der Waals surface area contributed by atoms with Gasteiger partial charge in [0.25, 0.3) is 5.91 Å². The molecule has 4 N–H and O–H groups in total. The Kier molecular flexibility index (Phi) is 16.6. The Morgan fingerprint density at radius 1 is 1.18 bits per heavy atom. The maximum Gasteiger partial charge on any atom is 0.255 e. The van der Waals surface area contributed by atoms with Crippen LogP contribution in [0.4, 0.5) is 0 Å². The zero-order chi connectivity index (χ0) is 24.8. The molecular weight excluding hydrogens is 458 g/mol. The fraction of sp³-hybridized carbons (Fsp3) is 0.680. The number of carbonyl (C=O) groups is 2. The molecule has 0 fully saturated rings. The standard InChI is InChI=1S/C25H43N3O5.ClH/c1-18(2)20(14-22(26)23(30)16-28(17-29)19(3)4)15-27-25(31)21-10-6-7-11-24(21)33-13-9-8-12-32-5;/h6-7,10-11,17-20,22-23,30H,8-9,12-16,26H2,1-5H3,(H,27,31);1H. The highest BCUT2D eigenvalue weighted by atomic mass is 35.5. The van der Waals surface area contributed by atoms with Crippen LogP contribution in [0, 0.1) is 11.8 Å². The van der Waals surface area contributed by atoms with E-state index >= 15 is 0 Å². The lowest BCUT2D eigenvalue weighted by atomic mass is 9.87. The number of amides is 2. The van der Waals surface area contributed by atoms with Crippen molar-refractivity contribution in [1.82, 2.24) is 10.2 Å². The summed E-state index contributed by atoms with van der Waals surface area (Å²) in [6.07, 6.45) is 2.17. The van der Waals surface area contributed by atoms with Crippen molar-refractivity contribution in [3.8, 4) is 5.75 Å². The number of nitrogens with zero attached hydrogens (tertiary/aromatic N) is 1. The molecule has 0 aromatic heterocycles. The summed E-state index contributed by atoms with van der Waals surface area (Å²) < 4.78 is 10.9. The number of rotatable bonds is 17. The molecule has 0 aliphatic heterocycles. The molecule has 196 valence electrons. The van der Waals surface area contributed by atoms with E-state index in [1.54, 1.807) is 19.2 Å². The van der Waals surface area contributed by atoms with Gasteiger partial charge < -0.3 is 30.5 Å². The van der Waals surface area contributed by atoms with Gasteiger partial charge in [-0.05, 0) is 57.1 Å². The van der Waals surface area contributed by atoms with Gasteiger partial charge >= 0.3 is 0 Å². The molecular formula is C25H44ClN3O5. The number of nitrogens with one attached hydrogen (secondary N) is 1. The van der Waals surface area contributed by atoms with Crippen molar-refractivity contribution in [2.75, 3.05) is 33.4 Å². The second-order valence-electron chi connectivity index (χ2n) is 9.12. The monoisotopic (exact) mass is 501 g/mol. The third-order valence-corrected chi connectivity index (χ3v) is 5.87. The number of hydrogen-bond donors (Lipinski definition) is 3. The predicted octanol–water partition coefficient (Wildman–Crippen LogP) is 2.86. The van der Waals surface area contributed by atoms with Crippen LogP contribution in [0.25, 0.3) is 0 Å². The summed E-state index contributed by atoms with van der Waals surface area (Å²) in [6.45, 7) is 9.74. The Morgan fingerprint density at radius 2 is 1.82 bits per heavy atom. The fourth-order valence-corrected chi connectivity index (χ4v) is 3.45. The zero-order valence-electron chi connectivity index (χ0n) is 21.2.